The first-order valence-electron chi connectivity index (χ1n) is 37.9. The minimum atomic E-state index is -1.35. The maximum atomic E-state index is 13.9. The van der Waals surface area contributed by atoms with Gasteiger partial charge in [-0.25, -0.2) is 0 Å². The van der Waals surface area contributed by atoms with Crippen molar-refractivity contribution in [2.45, 2.75) is 316 Å². The van der Waals surface area contributed by atoms with Gasteiger partial charge in [-0.3, -0.25) is 47.9 Å². The van der Waals surface area contributed by atoms with E-state index in [1.807, 2.05) is 11.0 Å². The first kappa shape index (κ1) is 86.0. The average molecular weight is 1350 g/mol. The Morgan fingerprint density at radius 3 is 1.42 bits per heavy atom. The van der Waals surface area contributed by atoms with E-state index in [4.69, 9.17) is 14.2 Å². The molecule has 1 aliphatic heterocycles. The van der Waals surface area contributed by atoms with E-state index < -0.39 is 104 Å². The van der Waals surface area contributed by atoms with E-state index in [2.05, 4.69) is 52.7 Å². The molecule has 8 amide bonds. The number of hydrogen-bond donors (Lipinski definition) is 6. The lowest BCUT2D eigenvalue weighted by Crippen LogP contribution is -2.56. The van der Waals surface area contributed by atoms with Crippen molar-refractivity contribution in [2.24, 2.45) is 0 Å². The molecule has 1 heterocycles. The second-order valence-electron chi connectivity index (χ2n) is 26.4. The van der Waals surface area contributed by atoms with Crippen LogP contribution in [-0.2, 0) is 68.8 Å². The quantitative estimate of drug-likeness (QED) is 0.0262. The number of rotatable bonds is 62. The van der Waals surface area contributed by atoms with Crippen LogP contribution in [0.1, 0.15) is 297 Å². The van der Waals surface area contributed by atoms with Gasteiger partial charge in [-0.1, -0.05) is 269 Å². The summed E-state index contributed by atoms with van der Waals surface area (Å²) >= 11 is 0. The van der Waals surface area contributed by atoms with Gasteiger partial charge in [-0.15, -0.1) is 0 Å². The molecule has 1 aromatic carbocycles. The number of benzene rings is 1. The average Bonchev–Trinajstić information content (AvgIpc) is 1.73. The highest BCUT2D eigenvalue weighted by atomic mass is 16.5. The van der Waals surface area contributed by atoms with Crippen LogP contribution in [0, 0.1) is 0 Å². The van der Waals surface area contributed by atoms with E-state index in [0.29, 0.717) is 25.9 Å². The molecule has 0 aromatic heterocycles. The van der Waals surface area contributed by atoms with Crippen LogP contribution in [0.5, 0.6) is 0 Å². The molecule has 21 heteroatoms. The first-order valence-corrected chi connectivity index (χ1v) is 37.9. The molecule has 0 saturated carbocycles. The molecule has 0 radical (unpaired) electrons. The summed E-state index contributed by atoms with van der Waals surface area (Å²) in [4.78, 5) is 134. The number of nitrogens with zero attached hydrogens (tertiary/aromatic N) is 2. The van der Waals surface area contributed by atoms with Gasteiger partial charge in [0.15, 0.2) is 0 Å². The molecule has 0 bridgehead atoms. The van der Waals surface area contributed by atoms with Crippen molar-refractivity contribution in [2.75, 3.05) is 65.6 Å². The minimum Gasteiger partial charge on any atom is -0.464 e. The molecule has 1 aromatic rings. The number of amides is 8. The second-order valence-corrected chi connectivity index (χ2v) is 26.4. The highest BCUT2D eigenvalue weighted by Gasteiger charge is 2.36. The maximum Gasteiger partial charge on any atom is 0.325 e. The number of hydrogen-bond acceptors (Lipinski definition) is 13. The largest absolute Gasteiger partial charge is 0.464 e. The van der Waals surface area contributed by atoms with E-state index in [1.165, 1.54) is 179 Å². The zero-order valence-electron chi connectivity index (χ0n) is 60.1. The molecule has 96 heavy (non-hydrogen) atoms. The minimum absolute atomic E-state index is 0.0129. The third-order valence-electron chi connectivity index (χ3n) is 17.8. The third kappa shape index (κ3) is 46.2. The molecule has 6 N–H and O–H groups in total. The van der Waals surface area contributed by atoms with E-state index in [9.17, 15) is 47.9 Å². The Morgan fingerprint density at radius 2 is 0.927 bits per heavy atom. The van der Waals surface area contributed by atoms with Crippen molar-refractivity contribution in [3.63, 3.8) is 0 Å². The van der Waals surface area contributed by atoms with Crippen LogP contribution in [0.3, 0.4) is 0 Å². The summed E-state index contributed by atoms with van der Waals surface area (Å²) < 4.78 is 16.1. The van der Waals surface area contributed by atoms with Gasteiger partial charge >= 0.3 is 11.9 Å². The van der Waals surface area contributed by atoms with Crippen LogP contribution in [0.15, 0.2) is 30.3 Å². The summed E-state index contributed by atoms with van der Waals surface area (Å²) in [6, 6.07) is 5.43. The van der Waals surface area contributed by atoms with Crippen molar-refractivity contribution in [1.29, 1.82) is 0 Å². The number of esters is 2. The predicted octanol–water partition coefficient (Wildman–Crippen LogP) is 11.8. The van der Waals surface area contributed by atoms with Crippen molar-refractivity contribution in [3.8, 4) is 0 Å². The van der Waals surface area contributed by atoms with Crippen molar-refractivity contribution >= 4 is 59.2 Å². The van der Waals surface area contributed by atoms with Crippen LogP contribution in [0.4, 0.5) is 0 Å². The molecule has 3 atom stereocenters. The fourth-order valence-corrected chi connectivity index (χ4v) is 11.8. The monoisotopic (exact) mass is 1350 g/mol. The number of ether oxygens (including phenoxy) is 3. The predicted molar refractivity (Wildman–Crippen MR) is 378 cm³/mol. The lowest BCUT2D eigenvalue weighted by atomic mass is 10.0. The van der Waals surface area contributed by atoms with Crippen molar-refractivity contribution in [1.82, 2.24) is 41.7 Å². The highest BCUT2D eigenvalue weighted by Crippen LogP contribution is 2.20. The molecular formula is C75H130N8O13. The van der Waals surface area contributed by atoms with E-state index in [0.717, 1.165) is 69.8 Å². The highest BCUT2D eigenvalue weighted by molar-refractivity contribution is 5.96. The number of carbonyl (C=O) groups excluding carboxylic acids is 10. The molecule has 0 unspecified atom stereocenters. The summed E-state index contributed by atoms with van der Waals surface area (Å²) in [5.74, 6) is -6.21. The Morgan fingerprint density at radius 1 is 0.479 bits per heavy atom. The molecule has 548 valence electrons. The van der Waals surface area contributed by atoms with Crippen LogP contribution in [-0.4, -0.2) is 153 Å². The smallest absolute Gasteiger partial charge is 0.325 e. The maximum absolute atomic E-state index is 13.9. The zero-order chi connectivity index (χ0) is 69.9. The lowest BCUT2D eigenvalue weighted by Gasteiger charge is -2.27. The molecule has 2 rings (SSSR count). The number of nitrogens with one attached hydrogen (secondary N) is 6. The summed E-state index contributed by atoms with van der Waals surface area (Å²) in [6.07, 6.45) is 45.8. The van der Waals surface area contributed by atoms with Gasteiger partial charge in [0.05, 0.1) is 26.2 Å². The van der Waals surface area contributed by atoms with Crippen LogP contribution >= 0.6 is 0 Å². The van der Waals surface area contributed by atoms with Gasteiger partial charge < -0.3 is 55.9 Å². The van der Waals surface area contributed by atoms with Crippen molar-refractivity contribution in [3.05, 3.63) is 35.9 Å². The lowest BCUT2D eigenvalue weighted by molar-refractivity contribution is -0.146. The number of unbranched alkanes of at least 4 members (excludes halogenated alkanes) is 34. The molecule has 1 saturated heterocycles. The molecule has 0 aliphatic carbocycles. The van der Waals surface area contributed by atoms with Gasteiger partial charge in [0.1, 0.15) is 44.5 Å². The fraction of sp³-hybridized carbons (Fsp3) is 0.787. The summed E-state index contributed by atoms with van der Waals surface area (Å²) in [7, 11) is 0. The fourth-order valence-electron chi connectivity index (χ4n) is 11.8. The zero-order valence-corrected chi connectivity index (χ0v) is 60.1. The first-order chi connectivity index (χ1) is 46.7. The number of carbonyl (C=O) groups is 10. The Kier molecular flexibility index (Phi) is 52.8. The van der Waals surface area contributed by atoms with Crippen molar-refractivity contribution < 1.29 is 62.2 Å². The Hall–Kier alpha value is -6.12. The third-order valence-corrected chi connectivity index (χ3v) is 17.8. The van der Waals surface area contributed by atoms with E-state index in [-0.39, 0.29) is 51.5 Å². The normalized spacial score (nSPS) is 13.3. The topological polar surface area (TPSA) is 277 Å². The van der Waals surface area contributed by atoms with Gasteiger partial charge in [-0.2, -0.15) is 0 Å². The van der Waals surface area contributed by atoms with Gasteiger partial charge in [0.25, 0.3) is 0 Å². The second kappa shape index (κ2) is 59.0. The molecule has 0 spiro atoms. The Bertz CT molecular complexity index is 2240. The molecule has 21 nitrogen and oxygen atoms in total. The number of likely N-dealkylation sites (tertiary alicyclic amines) is 1. The van der Waals surface area contributed by atoms with Crippen LogP contribution in [0.2, 0.25) is 0 Å². The Balaban J connectivity index is 1.81. The molecule has 1 fully saturated rings. The summed E-state index contributed by atoms with van der Waals surface area (Å²) in [5.41, 5.74) is 0.747. The van der Waals surface area contributed by atoms with Crippen LogP contribution < -0.4 is 31.9 Å². The summed E-state index contributed by atoms with van der Waals surface area (Å²) in [5, 5.41) is 14.9. The molecular weight excluding hydrogens is 1220 g/mol. The van der Waals surface area contributed by atoms with E-state index >= 15 is 0 Å². The SMILES string of the molecule is CCCCCCCCCCCCCCCCCCN(CCCCCCCCCCCCCCCCCC)C(=O)COCC(=O)NCC(=O)NCC(=O)NCC(=O)N1CCC[C@H]1C(=O)N[C@@H](CCC(=O)OCc1ccccc1)C(=O)N[C@@H](C)C(=O)NCC(=O)OCCCCCCC. The van der Waals surface area contributed by atoms with Gasteiger partial charge in [-0.05, 0) is 51.0 Å². The van der Waals surface area contributed by atoms with Gasteiger partial charge in [0, 0.05) is 26.1 Å². The van der Waals surface area contributed by atoms with E-state index in [1.54, 1.807) is 24.3 Å². The van der Waals surface area contributed by atoms with Gasteiger partial charge in [0.2, 0.25) is 47.3 Å². The molecule has 1 aliphatic rings. The van der Waals surface area contributed by atoms with Crippen LogP contribution in [0.25, 0.3) is 0 Å². The standard InChI is InChI=1S/C75H130N8O13/c1-5-8-11-14-16-18-20-22-24-26-28-30-32-34-36-42-51-82(52-43-37-35-33-31-29-27-25-23-21-19-17-15-12-9-6-2)70(88)61-94-60-68(86)77-56-66(84)76-55-67(85)78-57-69(87)83-53-45-48-65(83)75(93)81-64(49-50-71(89)96-59-63-46-40-39-41-47-63)74(92)80-62(4)73(91)79-58-72(90)95-54-44-38-13-10-7-3/h39-41,46-47,62,64-65H,5-38,42-45,48-61H2,1-4H3,(H,76,84)(H,77,86)(H,78,85)(H,79,91)(H,80,92)(H,81,93)/t62-,64-,65-/m0/s1. The Labute approximate surface area is 577 Å². The summed E-state index contributed by atoms with van der Waals surface area (Å²) in [6.45, 7) is 7.10.